The highest BCUT2D eigenvalue weighted by atomic mass is 16.6. The Bertz CT molecular complexity index is 735. The molecular formula is C19H23N3O5. The highest BCUT2D eigenvalue weighted by molar-refractivity contribution is 5.92. The monoisotopic (exact) mass is 373 g/mol. The molecule has 27 heavy (non-hydrogen) atoms. The number of carbonyl (C=O) groups is 2. The summed E-state index contributed by atoms with van der Waals surface area (Å²) in [4.78, 5) is 38.8. The van der Waals surface area contributed by atoms with E-state index in [1.165, 1.54) is 18.2 Å². The van der Waals surface area contributed by atoms with Crippen molar-refractivity contribution in [3.05, 3.63) is 46.0 Å². The van der Waals surface area contributed by atoms with Crippen molar-refractivity contribution in [1.82, 2.24) is 9.80 Å². The second kappa shape index (κ2) is 8.77. The van der Waals surface area contributed by atoms with E-state index in [2.05, 4.69) is 0 Å². The van der Waals surface area contributed by atoms with E-state index in [4.69, 9.17) is 4.74 Å². The number of piperidine rings is 1. The van der Waals surface area contributed by atoms with Crippen LogP contribution in [0, 0.1) is 16.0 Å². The minimum absolute atomic E-state index is 0.00737. The molecule has 0 unspecified atom stereocenters. The summed E-state index contributed by atoms with van der Waals surface area (Å²) in [5.41, 5.74) is 0.599. The molecule has 3 rings (SSSR count). The standard InChI is InChI=1S/C19H23N3O5/c23-18(5-4-15-2-1-3-17(14-15)22(25)26)20-8-6-16(7-9-20)19(24)21-10-12-27-13-11-21/h1-5,14,16H,6-13H2/b5-4+. The highest BCUT2D eigenvalue weighted by Crippen LogP contribution is 2.21. The van der Waals surface area contributed by atoms with Gasteiger partial charge < -0.3 is 14.5 Å². The number of amides is 2. The Kier molecular flexibility index (Phi) is 6.18. The first kappa shape index (κ1) is 19.0. The van der Waals surface area contributed by atoms with Gasteiger partial charge in [0.25, 0.3) is 5.69 Å². The molecule has 0 radical (unpaired) electrons. The van der Waals surface area contributed by atoms with Crippen LogP contribution >= 0.6 is 0 Å². The Morgan fingerprint density at radius 1 is 1.11 bits per heavy atom. The summed E-state index contributed by atoms with van der Waals surface area (Å²) in [5, 5.41) is 10.8. The second-order valence-corrected chi connectivity index (χ2v) is 6.72. The number of rotatable bonds is 4. The number of morpholine rings is 1. The Balaban J connectivity index is 1.51. The quantitative estimate of drug-likeness (QED) is 0.455. The summed E-state index contributed by atoms with van der Waals surface area (Å²) in [7, 11) is 0. The van der Waals surface area contributed by atoms with Gasteiger partial charge in [-0.1, -0.05) is 12.1 Å². The Labute approximate surface area is 157 Å². The summed E-state index contributed by atoms with van der Waals surface area (Å²) in [6.45, 7) is 3.54. The number of benzene rings is 1. The van der Waals surface area contributed by atoms with Gasteiger partial charge in [0, 0.05) is 50.3 Å². The molecule has 0 bridgehead atoms. The van der Waals surface area contributed by atoms with Crippen molar-refractivity contribution in [3.8, 4) is 0 Å². The van der Waals surface area contributed by atoms with Gasteiger partial charge in [0.1, 0.15) is 0 Å². The number of nitro groups is 1. The summed E-state index contributed by atoms with van der Waals surface area (Å²) in [5.74, 6) is -0.00998. The fourth-order valence-electron chi connectivity index (χ4n) is 3.40. The first-order chi connectivity index (χ1) is 13.0. The number of carbonyl (C=O) groups excluding carboxylic acids is 2. The van der Waals surface area contributed by atoms with Crippen molar-refractivity contribution >= 4 is 23.6 Å². The van der Waals surface area contributed by atoms with Crippen molar-refractivity contribution in [2.24, 2.45) is 5.92 Å². The smallest absolute Gasteiger partial charge is 0.270 e. The van der Waals surface area contributed by atoms with Crippen LogP contribution in [0.25, 0.3) is 6.08 Å². The van der Waals surface area contributed by atoms with E-state index < -0.39 is 4.92 Å². The third-order valence-electron chi connectivity index (χ3n) is 4.98. The van der Waals surface area contributed by atoms with Crippen molar-refractivity contribution < 1.29 is 19.2 Å². The maximum atomic E-state index is 12.5. The lowest BCUT2D eigenvalue weighted by Crippen LogP contribution is -2.47. The van der Waals surface area contributed by atoms with Gasteiger partial charge in [-0.25, -0.2) is 0 Å². The van der Waals surface area contributed by atoms with Gasteiger partial charge in [-0.15, -0.1) is 0 Å². The Hall–Kier alpha value is -2.74. The molecule has 0 spiro atoms. The van der Waals surface area contributed by atoms with Crippen LogP contribution in [0.2, 0.25) is 0 Å². The SMILES string of the molecule is O=C(/C=C/c1cccc([N+](=O)[O-])c1)N1CCC(C(=O)N2CCOCC2)CC1. The fraction of sp³-hybridized carbons (Fsp3) is 0.474. The molecule has 2 amide bonds. The second-order valence-electron chi connectivity index (χ2n) is 6.72. The molecule has 144 valence electrons. The molecule has 2 saturated heterocycles. The van der Waals surface area contributed by atoms with Crippen LogP contribution in [-0.2, 0) is 14.3 Å². The zero-order valence-electron chi connectivity index (χ0n) is 15.1. The summed E-state index contributed by atoms with van der Waals surface area (Å²) < 4.78 is 5.28. The van der Waals surface area contributed by atoms with E-state index in [1.54, 1.807) is 23.1 Å². The fourth-order valence-corrected chi connectivity index (χ4v) is 3.40. The molecule has 0 saturated carbocycles. The number of hydrogen-bond donors (Lipinski definition) is 0. The van der Waals surface area contributed by atoms with Crippen LogP contribution < -0.4 is 0 Å². The summed E-state index contributed by atoms with van der Waals surface area (Å²) in [6, 6.07) is 6.14. The van der Waals surface area contributed by atoms with Crippen molar-refractivity contribution in [3.63, 3.8) is 0 Å². The highest BCUT2D eigenvalue weighted by Gasteiger charge is 2.30. The third-order valence-corrected chi connectivity index (χ3v) is 4.98. The van der Waals surface area contributed by atoms with E-state index >= 15 is 0 Å². The molecule has 1 aromatic carbocycles. The van der Waals surface area contributed by atoms with Gasteiger partial charge in [0.05, 0.1) is 18.1 Å². The predicted octanol–water partition coefficient (Wildman–Crippen LogP) is 1.71. The molecule has 2 heterocycles. The van der Waals surface area contributed by atoms with E-state index in [9.17, 15) is 19.7 Å². The number of ether oxygens (including phenoxy) is 1. The van der Waals surface area contributed by atoms with Crippen LogP contribution in [0.1, 0.15) is 18.4 Å². The largest absolute Gasteiger partial charge is 0.378 e. The molecular weight excluding hydrogens is 350 g/mol. The molecule has 0 N–H and O–H groups in total. The third kappa shape index (κ3) is 4.91. The predicted molar refractivity (Wildman–Crippen MR) is 98.8 cm³/mol. The number of likely N-dealkylation sites (tertiary alicyclic amines) is 1. The van der Waals surface area contributed by atoms with Gasteiger partial charge in [-0.3, -0.25) is 19.7 Å². The number of non-ortho nitro benzene ring substituents is 1. The van der Waals surface area contributed by atoms with Gasteiger partial charge in [-0.05, 0) is 24.5 Å². The van der Waals surface area contributed by atoms with E-state index in [0.717, 1.165) is 0 Å². The first-order valence-electron chi connectivity index (χ1n) is 9.12. The summed E-state index contributed by atoms with van der Waals surface area (Å²) >= 11 is 0. The van der Waals surface area contributed by atoms with Crippen molar-refractivity contribution in [2.75, 3.05) is 39.4 Å². The summed E-state index contributed by atoms with van der Waals surface area (Å²) in [6.07, 6.45) is 4.34. The minimum atomic E-state index is -0.463. The van der Waals surface area contributed by atoms with Crippen molar-refractivity contribution in [1.29, 1.82) is 0 Å². The van der Waals surface area contributed by atoms with Gasteiger partial charge in [0.15, 0.2) is 0 Å². The lowest BCUT2D eigenvalue weighted by Gasteiger charge is -2.35. The average molecular weight is 373 g/mol. The molecule has 8 heteroatoms. The molecule has 1 aromatic rings. The maximum Gasteiger partial charge on any atom is 0.270 e. The first-order valence-corrected chi connectivity index (χ1v) is 9.12. The zero-order chi connectivity index (χ0) is 19.2. The van der Waals surface area contributed by atoms with Crippen LogP contribution in [-0.4, -0.2) is 65.9 Å². The lowest BCUT2D eigenvalue weighted by atomic mass is 9.95. The van der Waals surface area contributed by atoms with Crippen LogP contribution in [0.15, 0.2) is 30.3 Å². The number of nitrogens with zero attached hydrogens (tertiary/aromatic N) is 3. The van der Waals surface area contributed by atoms with Crippen LogP contribution in [0.3, 0.4) is 0 Å². The van der Waals surface area contributed by atoms with Crippen LogP contribution in [0.4, 0.5) is 5.69 Å². The van der Waals surface area contributed by atoms with E-state index in [-0.39, 0.29) is 23.4 Å². The zero-order valence-corrected chi connectivity index (χ0v) is 15.1. The minimum Gasteiger partial charge on any atom is -0.378 e. The normalized spacial score (nSPS) is 18.7. The molecule has 0 aromatic heterocycles. The van der Waals surface area contributed by atoms with Gasteiger partial charge in [0.2, 0.25) is 11.8 Å². The maximum absolute atomic E-state index is 12.5. The topological polar surface area (TPSA) is 93.0 Å². The van der Waals surface area contributed by atoms with E-state index in [1.807, 2.05) is 4.90 Å². The van der Waals surface area contributed by atoms with Gasteiger partial charge in [-0.2, -0.15) is 0 Å². The molecule has 0 atom stereocenters. The molecule has 0 aliphatic carbocycles. The Morgan fingerprint density at radius 3 is 2.48 bits per heavy atom. The van der Waals surface area contributed by atoms with Crippen molar-refractivity contribution in [2.45, 2.75) is 12.8 Å². The molecule has 2 fully saturated rings. The number of nitro benzene ring substituents is 1. The van der Waals surface area contributed by atoms with E-state index in [0.29, 0.717) is 57.8 Å². The van der Waals surface area contributed by atoms with Crippen LogP contribution in [0.5, 0.6) is 0 Å². The molecule has 2 aliphatic rings. The average Bonchev–Trinajstić information content (AvgIpc) is 2.72. The molecule has 8 nitrogen and oxygen atoms in total. The van der Waals surface area contributed by atoms with Gasteiger partial charge >= 0.3 is 0 Å². The Morgan fingerprint density at radius 2 is 1.81 bits per heavy atom. The number of hydrogen-bond acceptors (Lipinski definition) is 5. The molecule has 2 aliphatic heterocycles. The lowest BCUT2D eigenvalue weighted by molar-refractivity contribution is -0.384.